The van der Waals surface area contributed by atoms with E-state index in [9.17, 15) is 14.0 Å². The summed E-state index contributed by atoms with van der Waals surface area (Å²) in [6.45, 7) is 1.80. The lowest BCUT2D eigenvalue weighted by atomic mass is 10.2. The quantitative estimate of drug-likeness (QED) is 0.765. The van der Waals surface area contributed by atoms with E-state index in [1.54, 1.807) is 18.2 Å². The average molecular weight is 405 g/mol. The molecule has 0 radical (unpaired) electrons. The molecular formula is C19H18BrFN2O2. The van der Waals surface area contributed by atoms with E-state index >= 15 is 0 Å². The Bertz CT molecular complexity index is 821. The second-order valence-electron chi connectivity index (χ2n) is 5.59. The maximum Gasteiger partial charge on any atom is 0.246 e. The van der Waals surface area contributed by atoms with Gasteiger partial charge in [-0.15, -0.1) is 0 Å². The number of likely N-dealkylation sites (N-methyl/N-ethyl adjacent to an activating group) is 1. The standard InChI is InChI=1S/C19H18BrFN2O2/c1-13-10-15(20)7-8-17(13)22-18(24)12-23(2)19(25)9-6-14-4-3-5-16(21)11-14/h3-11H,12H2,1-2H3,(H,22,24)/b9-6+. The molecule has 4 nitrogen and oxygen atoms in total. The maximum absolute atomic E-state index is 13.1. The first-order valence-corrected chi connectivity index (χ1v) is 8.39. The molecule has 2 rings (SSSR count). The van der Waals surface area contributed by atoms with Crippen LogP contribution in [-0.4, -0.2) is 30.3 Å². The fourth-order valence-corrected chi connectivity index (χ4v) is 2.63. The van der Waals surface area contributed by atoms with Crippen LogP contribution in [0, 0.1) is 12.7 Å². The van der Waals surface area contributed by atoms with E-state index < -0.39 is 0 Å². The van der Waals surface area contributed by atoms with Crippen LogP contribution in [0.15, 0.2) is 53.0 Å². The predicted octanol–water partition coefficient (Wildman–Crippen LogP) is 4.01. The molecule has 25 heavy (non-hydrogen) atoms. The van der Waals surface area contributed by atoms with E-state index in [1.165, 1.54) is 36.2 Å². The molecule has 2 amide bonds. The lowest BCUT2D eigenvalue weighted by molar-refractivity contribution is -0.129. The van der Waals surface area contributed by atoms with Crippen molar-refractivity contribution < 1.29 is 14.0 Å². The van der Waals surface area contributed by atoms with Crippen molar-refractivity contribution in [3.05, 3.63) is 70.0 Å². The highest BCUT2D eigenvalue weighted by Gasteiger charge is 2.11. The highest BCUT2D eigenvalue weighted by atomic mass is 79.9. The first-order valence-electron chi connectivity index (χ1n) is 7.60. The van der Waals surface area contributed by atoms with Gasteiger partial charge in [0.2, 0.25) is 11.8 Å². The maximum atomic E-state index is 13.1. The Labute approximate surface area is 154 Å². The molecule has 0 fully saturated rings. The molecule has 0 atom stereocenters. The number of amides is 2. The topological polar surface area (TPSA) is 49.4 Å². The van der Waals surface area contributed by atoms with Crippen LogP contribution >= 0.6 is 15.9 Å². The second kappa shape index (κ2) is 8.58. The zero-order chi connectivity index (χ0) is 18.4. The van der Waals surface area contributed by atoms with Crippen LogP contribution in [0.3, 0.4) is 0 Å². The van der Waals surface area contributed by atoms with Crippen molar-refractivity contribution >= 4 is 39.5 Å². The number of benzene rings is 2. The summed E-state index contributed by atoms with van der Waals surface area (Å²) in [4.78, 5) is 25.4. The van der Waals surface area contributed by atoms with Crippen molar-refractivity contribution in [1.29, 1.82) is 0 Å². The summed E-state index contributed by atoms with van der Waals surface area (Å²) in [6.07, 6.45) is 2.83. The molecule has 0 aliphatic rings. The largest absolute Gasteiger partial charge is 0.333 e. The minimum Gasteiger partial charge on any atom is -0.333 e. The average Bonchev–Trinajstić information content (AvgIpc) is 2.55. The van der Waals surface area contributed by atoms with E-state index in [-0.39, 0.29) is 24.2 Å². The lowest BCUT2D eigenvalue weighted by Crippen LogP contribution is -2.34. The molecule has 0 aliphatic heterocycles. The Kier molecular flexibility index (Phi) is 6.47. The van der Waals surface area contributed by atoms with Gasteiger partial charge in [-0.05, 0) is 54.5 Å². The van der Waals surface area contributed by atoms with Crippen molar-refractivity contribution in [3.63, 3.8) is 0 Å². The zero-order valence-corrected chi connectivity index (χ0v) is 15.5. The van der Waals surface area contributed by atoms with Gasteiger partial charge < -0.3 is 10.2 Å². The highest BCUT2D eigenvalue weighted by Crippen LogP contribution is 2.19. The van der Waals surface area contributed by atoms with Crippen molar-refractivity contribution in [2.45, 2.75) is 6.92 Å². The monoisotopic (exact) mass is 404 g/mol. The zero-order valence-electron chi connectivity index (χ0n) is 13.9. The van der Waals surface area contributed by atoms with Gasteiger partial charge in [-0.1, -0.05) is 28.1 Å². The summed E-state index contributed by atoms with van der Waals surface area (Å²) in [5, 5.41) is 2.78. The Balaban J connectivity index is 1.92. The molecule has 0 saturated heterocycles. The molecular weight excluding hydrogens is 387 g/mol. The van der Waals surface area contributed by atoms with Crippen molar-refractivity contribution in [2.24, 2.45) is 0 Å². The van der Waals surface area contributed by atoms with E-state index in [0.29, 0.717) is 11.3 Å². The van der Waals surface area contributed by atoms with Crippen LogP contribution in [0.2, 0.25) is 0 Å². The third-order valence-electron chi connectivity index (χ3n) is 3.49. The van der Waals surface area contributed by atoms with Crippen LogP contribution in [0.1, 0.15) is 11.1 Å². The lowest BCUT2D eigenvalue weighted by Gasteiger charge is -2.15. The third-order valence-corrected chi connectivity index (χ3v) is 3.98. The first kappa shape index (κ1) is 18.9. The molecule has 2 aromatic carbocycles. The van der Waals surface area contributed by atoms with Gasteiger partial charge in [0.25, 0.3) is 0 Å². The minimum atomic E-state index is -0.368. The SMILES string of the molecule is Cc1cc(Br)ccc1NC(=O)CN(C)C(=O)/C=C/c1cccc(F)c1. The molecule has 0 aromatic heterocycles. The van der Waals surface area contributed by atoms with Gasteiger partial charge in [-0.3, -0.25) is 9.59 Å². The van der Waals surface area contributed by atoms with Crippen LogP contribution in [0.25, 0.3) is 6.08 Å². The second-order valence-corrected chi connectivity index (χ2v) is 6.51. The Hall–Kier alpha value is -2.47. The molecule has 0 unspecified atom stereocenters. The molecule has 2 aromatic rings. The fourth-order valence-electron chi connectivity index (χ4n) is 2.16. The molecule has 130 valence electrons. The summed E-state index contributed by atoms with van der Waals surface area (Å²) in [5.41, 5.74) is 2.20. The molecule has 6 heteroatoms. The number of carbonyl (C=O) groups excluding carboxylic acids is 2. The summed E-state index contributed by atoms with van der Waals surface area (Å²) in [5.74, 6) is -1.00. The molecule has 0 saturated carbocycles. The number of halogens is 2. The van der Waals surface area contributed by atoms with Crippen molar-refractivity contribution in [1.82, 2.24) is 4.90 Å². The minimum absolute atomic E-state index is 0.0815. The number of aryl methyl sites for hydroxylation is 1. The predicted molar refractivity (Wildman–Crippen MR) is 101 cm³/mol. The number of nitrogens with one attached hydrogen (secondary N) is 1. The van der Waals surface area contributed by atoms with Crippen LogP contribution < -0.4 is 5.32 Å². The Morgan fingerprint density at radius 2 is 2.00 bits per heavy atom. The van der Waals surface area contributed by atoms with Crippen molar-refractivity contribution in [3.8, 4) is 0 Å². The number of nitrogens with zero attached hydrogens (tertiary/aromatic N) is 1. The van der Waals surface area contributed by atoms with E-state index in [0.717, 1.165) is 10.0 Å². The van der Waals surface area contributed by atoms with Crippen LogP contribution in [0.4, 0.5) is 10.1 Å². The van der Waals surface area contributed by atoms with Gasteiger partial charge in [0.15, 0.2) is 0 Å². The van der Waals surface area contributed by atoms with Gasteiger partial charge in [-0.25, -0.2) is 4.39 Å². The third kappa shape index (κ3) is 5.83. The molecule has 1 N–H and O–H groups in total. The summed E-state index contributed by atoms with van der Waals surface area (Å²) in [6, 6.07) is 11.4. The van der Waals surface area contributed by atoms with E-state index in [1.807, 2.05) is 19.1 Å². The number of carbonyl (C=O) groups is 2. The van der Waals surface area contributed by atoms with Crippen LogP contribution in [-0.2, 0) is 9.59 Å². The number of anilines is 1. The normalized spacial score (nSPS) is 10.7. The summed E-state index contributed by atoms with van der Waals surface area (Å²) in [7, 11) is 1.53. The van der Waals surface area contributed by atoms with Gasteiger partial charge >= 0.3 is 0 Å². The van der Waals surface area contributed by atoms with Gasteiger partial charge in [0.05, 0.1) is 6.54 Å². The first-order chi connectivity index (χ1) is 11.8. The van der Waals surface area contributed by atoms with E-state index in [4.69, 9.17) is 0 Å². The number of rotatable bonds is 5. The van der Waals surface area contributed by atoms with Gasteiger partial charge in [0.1, 0.15) is 5.82 Å². The van der Waals surface area contributed by atoms with E-state index in [2.05, 4.69) is 21.2 Å². The van der Waals surface area contributed by atoms with Gasteiger partial charge in [0, 0.05) is 23.3 Å². The molecule has 0 aliphatic carbocycles. The fraction of sp³-hybridized carbons (Fsp3) is 0.158. The summed E-state index contributed by atoms with van der Waals surface area (Å²) >= 11 is 3.37. The molecule has 0 spiro atoms. The smallest absolute Gasteiger partial charge is 0.246 e. The Morgan fingerprint density at radius 1 is 1.24 bits per heavy atom. The number of hydrogen-bond donors (Lipinski definition) is 1. The summed E-state index contributed by atoms with van der Waals surface area (Å²) < 4.78 is 14.0. The highest BCUT2D eigenvalue weighted by molar-refractivity contribution is 9.10. The van der Waals surface area contributed by atoms with Crippen molar-refractivity contribution in [2.75, 3.05) is 18.9 Å². The van der Waals surface area contributed by atoms with Crippen LogP contribution in [0.5, 0.6) is 0 Å². The Morgan fingerprint density at radius 3 is 2.68 bits per heavy atom. The molecule has 0 heterocycles. The number of hydrogen-bond acceptors (Lipinski definition) is 2. The molecule has 0 bridgehead atoms. The van der Waals surface area contributed by atoms with Gasteiger partial charge in [-0.2, -0.15) is 0 Å².